The topological polar surface area (TPSA) is 81.4 Å². The summed E-state index contributed by atoms with van der Waals surface area (Å²) >= 11 is 0. The molecule has 0 unspecified atom stereocenters. The molecule has 3 rings (SSSR count). The molecule has 0 atom stereocenters. The third-order valence-corrected chi connectivity index (χ3v) is 4.05. The molecule has 1 aromatic carbocycles. The van der Waals surface area contributed by atoms with Gasteiger partial charge in [-0.15, -0.1) is 0 Å². The molecular weight excluding hydrogens is 327 g/mol. The molecule has 0 aliphatic rings. The lowest BCUT2D eigenvalue weighted by atomic mass is 10.1. The van der Waals surface area contributed by atoms with Crippen LogP contribution in [-0.2, 0) is 11.2 Å². The first-order chi connectivity index (χ1) is 11.9. The summed E-state index contributed by atoms with van der Waals surface area (Å²) in [6.07, 6.45) is 2.66. The molecule has 0 aliphatic carbocycles. The van der Waals surface area contributed by atoms with Crippen molar-refractivity contribution >= 4 is 22.8 Å². The normalized spacial score (nSPS) is 10.8. The molecule has 3 aromatic rings. The number of aliphatic carboxylic acids is 1. The summed E-state index contributed by atoms with van der Waals surface area (Å²) in [4.78, 5) is 28.0. The van der Waals surface area contributed by atoms with E-state index in [9.17, 15) is 19.1 Å². The molecular formula is C18H15FN2O4. The monoisotopic (exact) mass is 342 g/mol. The van der Waals surface area contributed by atoms with Crippen molar-refractivity contribution in [2.75, 3.05) is 7.11 Å². The lowest BCUT2D eigenvalue weighted by molar-refractivity contribution is -0.136. The number of benzene rings is 1. The molecule has 0 radical (unpaired) electrons. The molecule has 0 amide bonds. The lowest BCUT2D eigenvalue weighted by Gasteiger charge is -2.08. The Balaban J connectivity index is 2.31. The molecule has 128 valence electrons. The number of carboxylic acid groups (broad SMARTS) is 1. The third kappa shape index (κ3) is 2.84. The molecule has 7 heteroatoms. The van der Waals surface area contributed by atoms with E-state index in [4.69, 9.17) is 4.74 Å². The first-order valence-electron chi connectivity index (χ1n) is 7.48. The van der Waals surface area contributed by atoms with Crippen LogP contribution in [-0.4, -0.2) is 33.6 Å². The van der Waals surface area contributed by atoms with E-state index in [0.717, 1.165) is 0 Å². The van der Waals surface area contributed by atoms with Crippen LogP contribution in [0.15, 0.2) is 36.7 Å². The van der Waals surface area contributed by atoms with Gasteiger partial charge in [0, 0.05) is 29.5 Å². The highest BCUT2D eigenvalue weighted by Crippen LogP contribution is 2.32. The highest BCUT2D eigenvalue weighted by molar-refractivity contribution is 6.04. The molecule has 1 N–H and O–H groups in total. The fourth-order valence-electron chi connectivity index (χ4n) is 2.89. The highest BCUT2D eigenvalue weighted by atomic mass is 19.1. The quantitative estimate of drug-likeness (QED) is 0.788. The zero-order valence-electron chi connectivity index (χ0n) is 13.6. The lowest BCUT2D eigenvalue weighted by Crippen LogP contribution is -2.14. The molecule has 0 fully saturated rings. The summed E-state index contributed by atoms with van der Waals surface area (Å²) in [5, 5.41) is 9.66. The second-order valence-electron chi connectivity index (χ2n) is 5.52. The Morgan fingerprint density at radius 1 is 1.36 bits per heavy atom. The van der Waals surface area contributed by atoms with E-state index in [-0.39, 0.29) is 12.2 Å². The average molecular weight is 342 g/mol. The zero-order chi connectivity index (χ0) is 18.1. The Labute approximate surface area is 142 Å². The number of pyridine rings is 1. The second-order valence-corrected chi connectivity index (χ2v) is 5.52. The van der Waals surface area contributed by atoms with Gasteiger partial charge in [0.15, 0.2) is 11.6 Å². The second kappa shape index (κ2) is 6.35. The maximum absolute atomic E-state index is 14.2. The number of carbonyl (C=O) groups is 2. The van der Waals surface area contributed by atoms with Crippen molar-refractivity contribution in [3.63, 3.8) is 0 Å². The largest absolute Gasteiger partial charge is 0.494 e. The standard InChI is InChI=1S/C18H15FN2O4/c1-10-12(7-17(22)23)13-6-16(25-2)14(19)8-15(13)21(10)18(24)11-4-3-5-20-9-11/h3-6,8-9H,7H2,1-2H3,(H,22,23). The maximum atomic E-state index is 14.2. The molecule has 0 saturated carbocycles. The highest BCUT2D eigenvalue weighted by Gasteiger charge is 2.23. The summed E-state index contributed by atoms with van der Waals surface area (Å²) in [7, 11) is 1.33. The van der Waals surface area contributed by atoms with Gasteiger partial charge in [0.25, 0.3) is 5.91 Å². The van der Waals surface area contributed by atoms with Crippen molar-refractivity contribution < 1.29 is 23.8 Å². The van der Waals surface area contributed by atoms with Crippen molar-refractivity contribution in [3.05, 3.63) is 59.3 Å². The number of carbonyl (C=O) groups excluding carboxylic acids is 1. The van der Waals surface area contributed by atoms with E-state index in [1.54, 1.807) is 19.1 Å². The first-order valence-corrected chi connectivity index (χ1v) is 7.48. The van der Waals surface area contributed by atoms with Crippen molar-refractivity contribution in [2.24, 2.45) is 0 Å². The summed E-state index contributed by atoms with van der Waals surface area (Å²) in [5.41, 5.74) is 1.50. The van der Waals surface area contributed by atoms with Crippen LogP contribution in [0.4, 0.5) is 4.39 Å². The number of ether oxygens (including phenoxy) is 1. The molecule has 0 aliphatic heterocycles. The number of rotatable bonds is 4. The predicted molar refractivity (Wildman–Crippen MR) is 88.5 cm³/mol. The van der Waals surface area contributed by atoms with E-state index >= 15 is 0 Å². The SMILES string of the molecule is COc1cc2c(CC(=O)O)c(C)n(C(=O)c3cccnc3)c2cc1F. The van der Waals surface area contributed by atoms with Crippen LogP contribution < -0.4 is 4.74 Å². The molecule has 25 heavy (non-hydrogen) atoms. The van der Waals surface area contributed by atoms with Gasteiger partial charge in [-0.05, 0) is 30.7 Å². The number of hydrogen-bond acceptors (Lipinski definition) is 4. The number of fused-ring (bicyclic) bond motifs is 1. The summed E-state index contributed by atoms with van der Waals surface area (Å²) in [6.45, 7) is 1.64. The predicted octanol–water partition coefficient (Wildman–Crippen LogP) is 2.81. The fraction of sp³-hybridized carbons (Fsp3) is 0.167. The first kappa shape index (κ1) is 16.6. The fourth-order valence-corrected chi connectivity index (χ4v) is 2.89. The van der Waals surface area contributed by atoms with Gasteiger partial charge in [0.1, 0.15) is 0 Å². The van der Waals surface area contributed by atoms with Crippen LogP contribution >= 0.6 is 0 Å². The van der Waals surface area contributed by atoms with Crippen molar-refractivity contribution in [3.8, 4) is 5.75 Å². The van der Waals surface area contributed by atoms with Crippen molar-refractivity contribution in [2.45, 2.75) is 13.3 Å². The van der Waals surface area contributed by atoms with Crippen LogP contribution in [0.25, 0.3) is 10.9 Å². The van der Waals surface area contributed by atoms with Gasteiger partial charge in [-0.1, -0.05) is 0 Å². The summed E-state index contributed by atoms with van der Waals surface area (Å²) in [5.74, 6) is -2.09. The van der Waals surface area contributed by atoms with Crippen LogP contribution in [0.1, 0.15) is 21.6 Å². The van der Waals surface area contributed by atoms with Gasteiger partial charge in [-0.2, -0.15) is 0 Å². The minimum Gasteiger partial charge on any atom is -0.494 e. The Morgan fingerprint density at radius 3 is 2.72 bits per heavy atom. The summed E-state index contributed by atoms with van der Waals surface area (Å²) < 4.78 is 20.5. The minimum atomic E-state index is -1.04. The van der Waals surface area contributed by atoms with Crippen LogP contribution in [0.3, 0.4) is 0 Å². The number of aromatic nitrogens is 2. The van der Waals surface area contributed by atoms with Crippen molar-refractivity contribution in [1.29, 1.82) is 0 Å². The van der Waals surface area contributed by atoms with Gasteiger partial charge in [0.2, 0.25) is 0 Å². The van der Waals surface area contributed by atoms with E-state index in [2.05, 4.69) is 4.98 Å². The molecule has 0 spiro atoms. The van der Waals surface area contributed by atoms with Gasteiger partial charge in [-0.3, -0.25) is 19.1 Å². The van der Waals surface area contributed by atoms with Gasteiger partial charge in [0.05, 0.1) is 24.6 Å². The van der Waals surface area contributed by atoms with E-state index in [1.165, 1.54) is 36.2 Å². The van der Waals surface area contributed by atoms with E-state index in [0.29, 0.717) is 27.7 Å². The number of carboxylic acids is 1. The van der Waals surface area contributed by atoms with Gasteiger partial charge >= 0.3 is 5.97 Å². The number of methoxy groups -OCH3 is 1. The third-order valence-electron chi connectivity index (χ3n) is 4.05. The Hall–Kier alpha value is -3.22. The maximum Gasteiger partial charge on any atom is 0.307 e. The molecule has 2 heterocycles. The molecule has 0 saturated heterocycles. The molecule has 2 aromatic heterocycles. The zero-order valence-corrected chi connectivity index (χ0v) is 13.6. The molecule has 0 bridgehead atoms. The Kier molecular flexibility index (Phi) is 4.22. The minimum absolute atomic E-state index is 0.00915. The van der Waals surface area contributed by atoms with Gasteiger partial charge in [-0.25, -0.2) is 4.39 Å². The smallest absolute Gasteiger partial charge is 0.307 e. The average Bonchev–Trinajstić information content (AvgIpc) is 2.85. The summed E-state index contributed by atoms with van der Waals surface area (Å²) in [6, 6.07) is 5.82. The van der Waals surface area contributed by atoms with Crippen LogP contribution in [0.5, 0.6) is 5.75 Å². The Bertz CT molecular complexity index is 980. The number of nitrogens with zero attached hydrogens (tertiary/aromatic N) is 2. The Morgan fingerprint density at radius 2 is 2.12 bits per heavy atom. The van der Waals surface area contributed by atoms with Crippen molar-refractivity contribution in [1.82, 2.24) is 9.55 Å². The van der Waals surface area contributed by atoms with E-state index < -0.39 is 17.7 Å². The number of halogens is 1. The van der Waals surface area contributed by atoms with E-state index in [1.807, 2.05) is 0 Å². The molecule has 6 nitrogen and oxygen atoms in total. The number of hydrogen-bond donors (Lipinski definition) is 1. The van der Waals surface area contributed by atoms with Crippen LogP contribution in [0, 0.1) is 12.7 Å². The van der Waals surface area contributed by atoms with Crippen LogP contribution in [0.2, 0.25) is 0 Å². The van der Waals surface area contributed by atoms with Gasteiger partial charge < -0.3 is 9.84 Å².